The van der Waals surface area contributed by atoms with Gasteiger partial charge in [0.25, 0.3) is 0 Å². The van der Waals surface area contributed by atoms with Crippen LogP contribution in [0.15, 0.2) is 42.5 Å². The van der Waals surface area contributed by atoms with Gasteiger partial charge in [0.1, 0.15) is 5.82 Å². The smallest absolute Gasteiger partial charge is 0.349 e. The second-order valence-corrected chi connectivity index (χ2v) is 5.40. The number of tetrazole rings is 1. The van der Waals surface area contributed by atoms with Gasteiger partial charge in [-0.25, -0.2) is 4.39 Å². The highest BCUT2D eigenvalue weighted by molar-refractivity contribution is 5.41. The maximum Gasteiger partial charge on any atom is 0.416 e. The van der Waals surface area contributed by atoms with Gasteiger partial charge in [0.15, 0.2) is 0 Å². The summed E-state index contributed by atoms with van der Waals surface area (Å²) in [5.41, 5.74) is 0.572. The molecule has 0 bridgehead atoms. The van der Waals surface area contributed by atoms with Crippen LogP contribution in [0, 0.1) is 12.7 Å². The number of anilines is 1. The highest BCUT2D eigenvalue weighted by Gasteiger charge is 2.33. The quantitative estimate of drug-likeness (QED) is 0.728. The largest absolute Gasteiger partial charge is 0.416 e. The molecular formula is C16H13F4N5. The van der Waals surface area contributed by atoms with Crippen LogP contribution in [-0.2, 0) is 12.7 Å². The Bertz CT molecular complexity index is 871. The van der Waals surface area contributed by atoms with Crippen LogP contribution >= 0.6 is 0 Å². The molecule has 0 unspecified atom stereocenters. The third-order valence-corrected chi connectivity index (χ3v) is 3.56. The topological polar surface area (TPSA) is 55.6 Å². The van der Waals surface area contributed by atoms with Gasteiger partial charge in [0, 0.05) is 6.54 Å². The summed E-state index contributed by atoms with van der Waals surface area (Å²) in [5.74, 6) is -0.762. The van der Waals surface area contributed by atoms with E-state index in [-0.39, 0.29) is 18.1 Å². The fourth-order valence-electron chi connectivity index (χ4n) is 2.30. The van der Waals surface area contributed by atoms with Gasteiger partial charge in [-0.1, -0.05) is 28.9 Å². The molecule has 9 heteroatoms. The summed E-state index contributed by atoms with van der Waals surface area (Å²) >= 11 is 0. The molecule has 0 aliphatic rings. The van der Waals surface area contributed by atoms with Gasteiger partial charge in [0.05, 0.1) is 11.3 Å². The van der Waals surface area contributed by atoms with Crippen LogP contribution in [0.4, 0.5) is 23.5 Å². The lowest BCUT2D eigenvalue weighted by molar-refractivity contribution is -0.138. The lowest BCUT2D eigenvalue weighted by atomic mass is 10.1. The van der Waals surface area contributed by atoms with Gasteiger partial charge >= 0.3 is 6.18 Å². The average molecular weight is 351 g/mol. The Kier molecular flexibility index (Phi) is 4.39. The number of rotatable bonds is 4. The van der Waals surface area contributed by atoms with Gasteiger partial charge in [-0.15, -0.1) is 0 Å². The summed E-state index contributed by atoms with van der Waals surface area (Å²) in [6.45, 7) is 1.72. The Morgan fingerprint density at radius 3 is 2.48 bits per heavy atom. The SMILES string of the molecule is Cc1ccc(-n2nnnc2NCc2ccc(F)cc2C(F)(F)F)cc1. The van der Waals surface area contributed by atoms with E-state index >= 15 is 0 Å². The molecule has 0 aliphatic carbocycles. The Morgan fingerprint density at radius 2 is 1.80 bits per heavy atom. The first-order valence-corrected chi connectivity index (χ1v) is 7.29. The van der Waals surface area contributed by atoms with Gasteiger partial charge in [-0.05, 0) is 47.2 Å². The fourth-order valence-corrected chi connectivity index (χ4v) is 2.30. The van der Waals surface area contributed by atoms with E-state index in [0.717, 1.165) is 17.7 Å². The van der Waals surface area contributed by atoms with Gasteiger partial charge in [0.2, 0.25) is 5.95 Å². The molecule has 1 heterocycles. The molecule has 2 aromatic carbocycles. The van der Waals surface area contributed by atoms with Crippen molar-refractivity contribution in [2.45, 2.75) is 19.6 Å². The van der Waals surface area contributed by atoms with Crippen molar-refractivity contribution in [3.8, 4) is 5.69 Å². The van der Waals surface area contributed by atoms with Crippen molar-refractivity contribution in [2.24, 2.45) is 0 Å². The third kappa shape index (κ3) is 3.76. The number of alkyl halides is 3. The Hall–Kier alpha value is -2.97. The molecule has 5 nitrogen and oxygen atoms in total. The number of benzene rings is 2. The molecule has 0 amide bonds. The molecule has 130 valence electrons. The molecule has 0 saturated carbocycles. The Balaban J connectivity index is 1.84. The van der Waals surface area contributed by atoms with Crippen LogP contribution in [0.2, 0.25) is 0 Å². The number of aromatic nitrogens is 4. The van der Waals surface area contributed by atoms with E-state index in [1.54, 1.807) is 12.1 Å². The maximum atomic E-state index is 13.2. The Morgan fingerprint density at radius 1 is 1.08 bits per heavy atom. The molecule has 0 aliphatic heterocycles. The van der Waals surface area contributed by atoms with Crippen LogP contribution in [0.1, 0.15) is 16.7 Å². The highest BCUT2D eigenvalue weighted by Crippen LogP contribution is 2.32. The standard InChI is InChI=1S/C16H13F4N5/c1-10-2-6-13(7-3-10)25-15(22-23-24-25)21-9-11-4-5-12(17)8-14(11)16(18,19)20/h2-8H,9H2,1H3,(H,21,22,24). The zero-order valence-corrected chi connectivity index (χ0v) is 13.0. The van der Waals surface area contributed by atoms with Crippen LogP contribution in [0.25, 0.3) is 5.69 Å². The number of aryl methyl sites for hydroxylation is 1. The zero-order chi connectivity index (χ0) is 18.0. The van der Waals surface area contributed by atoms with E-state index < -0.39 is 17.6 Å². The minimum absolute atomic E-state index is 0.104. The van der Waals surface area contributed by atoms with E-state index in [2.05, 4.69) is 20.8 Å². The molecule has 25 heavy (non-hydrogen) atoms. The van der Waals surface area contributed by atoms with Crippen LogP contribution in [-0.4, -0.2) is 20.2 Å². The number of hydrogen-bond acceptors (Lipinski definition) is 4. The van der Waals surface area contributed by atoms with Crippen LogP contribution in [0.3, 0.4) is 0 Å². The molecule has 0 saturated heterocycles. The van der Waals surface area contributed by atoms with Crippen LogP contribution in [0.5, 0.6) is 0 Å². The molecule has 3 rings (SSSR count). The molecule has 1 aromatic heterocycles. The van der Waals surface area contributed by atoms with E-state index in [9.17, 15) is 17.6 Å². The predicted octanol–water partition coefficient (Wildman–Crippen LogP) is 3.74. The van der Waals surface area contributed by atoms with Crippen molar-refractivity contribution in [2.75, 3.05) is 5.32 Å². The van der Waals surface area contributed by atoms with Crippen molar-refractivity contribution in [3.05, 3.63) is 65.0 Å². The molecule has 0 fully saturated rings. The summed E-state index contributed by atoms with van der Waals surface area (Å²) < 4.78 is 53.6. The molecule has 0 radical (unpaired) electrons. The summed E-state index contributed by atoms with van der Waals surface area (Å²) in [6.07, 6.45) is -4.65. The number of halogens is 4. The first-order chi connectivity index (χ1) is 11.8. The highest BCUT2D eigenvalue weighted by atomic mass is 19.4. The van der Waals surface area contributed by atoms with E-state index in [1.165, 1.54) is 4.68 Å². The normalized spacial score (nSPS) is 11.6. The molecular weight excluding hydrogens is 338 g/mol. The van der Waals surface area contributed by atoms with Crippen molar-refractivity contribution in [3.63, 3.8) is 0 Å². The fraction of sp³-hybridized carbons (Fsp3) is 0.188. The van der Waals surface area contributed by atoms with Crippen molar-refractivity contribution >= 4 is 5.95 Å². The molecule has 1 N–H and O–H groups in total. The number of nitrogens with zero attached hydrogens (tertiary/aromatic N) is 4. The summed E-state index contributed by atoms with van der Waals surface area (Å²) in [5, 5.41) is 13.9. The first-order valence-electron chi connectivity index (χ1n) is 7.29. The second kappa shape index (κ2) is 6.50. The van der Waals surface area contributed by atoms with Gasteiger partial charge < -0.3 is 5.32 Å². The third-order valence-electron chi connectivity index (χ3n) is 3.56. The first kappa shape index (κ1) is 16.9. The number of nitrogens with one attached hydrogen (secondary N) is 1. The lowest BCUT2D eigenvalue weighted by Gasteiger charge is -2.14. The monoisotopic (exact) mass is 351 g/mol. The van der Waals surface area contributed by atoms with E-state index in [1.807, 2.05) is 19.1 Å². The van der Waals surface area contributed by atoms with Gasteiger partial charge in [-0.3, -0.25) is 0 Å². The lowest BCUT2D eigenvalue weighted by Crippen LogP contribution is -2.14. The van der Waals surface area contributed by atoms with E-state index in [0.29, 0.717) is 11.8 Å². The summed E-state index contributed by atoms with van der Waals surface area (Å²) in [4.78, 5) is 0. The van der Waals surface area contributed by atoms with Crippen molar-refractivity contribution in [1.29, 1.82) is 0 Å². The Labute approximate surface area is 140 Å². The van der Waals surface area contributed by atoms with Gasteiger partial charge in [-0.2, -0.15) is 17.9 Å². The molecule has 0 spiro atoms. The maximum absolute atomic E-state index is 13.2. The van der Waals surface area contributed by atoms with Crippen molar-refractivity contribution < 1.29 is 17.6 Å². The predicted molar refractivity (Wildman–Crippen MR) is 82.6 cm³/mol. The van der Waals surface area contributed by atoms with Crippen molar-refractivity contribution in [1.82, 2.24) is 20.2 Å². The zero-order valence-electron chi connectivity index (χ0n) is 13.0. The average Bonchev–Trinajstić information content (AvgIpc) is 3.02. The second-order valence-electron chi connectivity index (χ2n) is 5.40. The minimum Gasteiger partial charge on any atom is -0.349 e. The summed E-state index contributed by atoms with van der Waals surface area (Å²) in [7, 11) is 0. The summed E-state index contributed by atoms with van der Waals surface area (Å²) in [6, 6.07) is 9.84. The van der Waals surface area contributed by atoms with Crippen LogP contribution < -0.4 is 5.32 Å². The van der Waals surface area contributed by atoms with E-state index in [4.69, 9.17) is 0 Å². The molecule has 3 aromatic rings. The minimum atomic E-state index is -4.65. The molecule has 0 atom stereocenters. The number of hydrogen-bond donors (Lipinski definition) is 1.